The van der Waals surface area contributed by atoms with E-state index in [0.29, 0.717) is 17.6 Å². The number of hydrogen-bond acceptors (Lipinski definition) is 4. The van der Waals surface area contributed by atoms with Gasteiger partial charge in [0.05, 0.1) is 0 Å². The largest absolute Gasteiger partial charge is 0.361 e. The molecule has 172 valence electrons. The minimum absolute atomic E-state index is 0.0270. The van der Waals surface area contributed by atoms with Gasteiger partial charge in [-0.05, 0) is 68.4 Å². The van der Waals surface area contributed by atoms with Gasteiger partial charge in [-0.3, -0.25) is 0 Å². The van der Waals surface area contributed by atoms with Crippen molar-refractivity contribution in [1.29, 1.82) is 0 Å². The zero-order chi connectivity index (χ0) is 22.6. The summed E-state index contributed by atoms with van der Waals surface area (Å²) in [7, 11) is 0. The van der Waals surface area contributed by atoms with Gasteiger partial charge in [-0.15, -0.1) is 0 Å². The summed E-state index contributed by atoms with van der Waals surface area (Å²) in [6, 6.07) is 9.02. The second-order valence-electron chi connectivity index (χ2n) is 9.52. The van der Waals surface area contributed by atoms with Gasteiger partial charge in [-0.1, -0.05) is 38.3 Å². The molecule has 7 heteroatoms. The van der Waals surface area contributed by atoms with Crippen LogP contribution >= 0.6 is 12.2 Å². The van der Waals surface area contributed by atoms with Gasteiger partial charge in [0, 0.05) is 36.8 Å². The van der Waals surface area contributed by atoms with E-state index in [1.807, 2.05) is 25.1 Å². The predicted molar refractivity (Wildman–Crippen MR) is 133 cm³/mol. The number of aryl methyl sites for hydroxylation is 1. The smallest absolute Gasteiger partial charge is 0.231 e. The lowest BCUT2D eigenvalue weighted by molar-refractivity contribution is 0.292. The van der Waals surface area contributed by atoms with Crippen LogP contribution in [0.5, 0.6) is 0 Å². The van der Waals surface area contributed by atoms with Gasteiger partial charge >= 0.3 is 0 Å². The third-order valence-electron chi connectivity index (χ3n) is 7.03. The van der Waals surface area contributed by atoms with Crippen molar-refractivity contribution in [1.82, 2.24) is 15.3 Å². The molecule has 2 aromatic rings. The van der Waals surface area contributed by atoms with Crippen LogP contribution in [0.3, 0.4) is 0 Å². The summed E-state index contributed by atoms with van der Waals surface area (Å²) in [5.74, 6) is 2.08. The quantitative estimate of drug-likeness (QED) is 0.593. The number of aromatic nitrogens is 2. The van der Waals surface area contributed by atoms with Crippen LogP contribution in [-0.2, 0) is 5.41 Å². The second kappa shape index (κ2) is 10.1. The molecule has 1 aromatic heterocycles. The average Bonchev–Trinajstić information content (AvgIpc) is 2.79. The summed E-state index contributed by atoms with van der Waals surface area (Å²) in [6.45, 7) is 7.07. The van der Waals surface area contributed by atoms with Crippen molar-refractivity contribution < 1.29 is 4.39 Å². The Morgan fingerprint density at radius 2 is 1.81 bits per heavy atom. The van der Waals surface area contributed by atoms with Crippen LogP contribution in [0, 0.1) is 18.7 Å². The lowest BCUT2D eigenvalue weighted by Crippen LogP contribution is -2.43. The van der Waals surface area contributed by atoms with Crippen LogP contribution in [-0.4, -0.2) is 34.7 Å². The molecule has 1 saturated heterocycles. The Bertz CT molecular complexity index is 918. The molecular formula is C25H34FN5S. The Morgan fingerprint density at radius 1 is 1.12 bits per heavy atom. The van der Waals surface area contributed by atoms with Gasteiger partial charge in [-0.25, -0.2) is 9.37 Å². The molecule has 0 amide bonds. The summed E-state index contributed by atoms with van der Waals surface area (Å²) in [4.78, 5) is 11.6. The molecule has 2 fully saturated rings. The van der Waals surface area contributed by atoms with Crippen molar-refractivity contribution >= 4 is 29.1 Å². The molecule has 0 bridgehead atoms. The summed E-state index contributed by atoms with van der Waals surface area (Å²) >= 11 is 5.61. The Hall–Kier alpha value is -2.28. The minimum Gasteiger partial charge on any atom is -0.361 e. The highest BCUT2D eigenvalue weighted by molar-refractivity contribution is 7.80. The molecule has 5 nitrogen and oxygen atoms in total. The molecular weight excluding hydrogens is 421 g/mol. The van der Waals surface area contributed by atoms with E-state index in [1.54, 1.807) is 12.1 Å². The van der Waals surface area contributed by atoms with Crippen LogP contribution in [0.25, 0.3) is 0 Å². The van der Waals surface area contributed by atoms with Gasteiger partial charge in [0.2, 0.25) is 5.95 Å². The Morgan fingerprint density at radius 3 is 2.50 bits per heavy atom. The van der Waals surface area contributed by atoms with Gasteiger partial charge in [0.1, 0.15) is 11.6 Å². The fourth-order valence-electron chi connectivity index (χ4n) is 5.00. The average molecular weight is 456 g/mol. The minimum atomic E-state index is -0.194. The van der Waals surface area contributed by atoms with Crippen molar-refractivity contribution in [2.75, 3.05) is 29.9 Å². The molecule has 0 unspecified atom stereocenters. The summed E-state index contributed by atoms with van der Waals surface area (Å²) in [5, 5.41) is 7.14. The molecule has 0 spiro atoms. The maximum atomic E-state index is 13.5. The van der Waals surface area contributed by atoms with E-state index in [0.717, 1.165) is 43.4 Å². The van der Waals surface area contributed by atoms with E-state index in [1.165, 1.54) is 37.7 Å². The van der Waals surface area contributed by atoms with Crippen molar-refractivity contribution in [3.63, 3.8) is 0 Å². The van der Waals surface area contributed by atoms with E-state index < -0.39 is 0 Å². The molecule has 1 saturated carbocycles. The first-order valence-corrected chi connectivity index (χ1v) is 12.3. The van der Waals surface area contributed by atoms with E-state index >= 15 is 0 Å². The lowest BCUT2D eigenvalue weighted by atomic mass is 9.69. The Kier molecular flexibility index (Phi) is 7.23. The number of hydrogen-bond donors (Lipinski definition) is 2. The first-order chi connectivity index (χ1) is 15.4. The molecule has 32 heavy (non-hydrogen) atoms. The zero-order valence-corrected chi connectivity index (χ0v) is 20.0. The normalized spacial score (nSPS) is 18.9. The van der Waals surface area contributed by atoms with Crippen molar-refractivity contribution in [2.45, 2.75) is 64.2 Å². The molecule has 1 aromatic carbocycles. The maximum absolute atomic E-state index is 13.5. The van der Waals surface area contributed by atoms with E-state index in [2.05, 4.69) is 27.4 Å². The SMILES string of the molecule is Cc1cc(N2CCC(C)CC2)nc(NC(=S)NCC2(c3ccc(F)cc3)CCCCC2)n1. The number of nitrogens with zero attached hydrogens (tertiary/aromatic N) is 3. The van der Waals surface area contributed by atoms with Gasteiger partial charge in [0.15, 0.2) is 5.11 Å². The van der Waals surface area contributed by atoms with Crippen molar-refractivity contribution in [3.8, 4) is 0 Å². The summed E-state index contributed by atoms with van der Waals surface area (Å²) in [5.41, 5.74) is 2.08. The van der Waals surface area contributed by atoms with E-state index in [9.17, 15) is 4.39 Å². The number of rotatable bonds is 5. The fourth-order valence-corrected chi connectivity index (χ4v) is 5.17. The van der Waals surface area contributed by atoms with Crippen molar-refractivity contribution in [2.24, 2.45) is 5.92 Å². The molecule has 2 aliphatic rings. The number of nitrogens with one attached hydrogen (secondary N) is 2. The summed E-state index contributed by atoms with van der Waals surface area (Å²) < 4.78 is 13.5. The molecule has 1 aliphatic heterocycles. The highest BCUT2D eigenvalue weighted by Gasteiger charge is 2.34. The second-order valence-corrected chi connectivity index (χ2v) is 9.92. The third kappa shape index (κ3) is 5.55. The lowest BCUT2D eigenvalue weighted by Gasteiger charge is -2.38. The number of halogens is 1. The first-order valence-electron chi connectivity index (χ1n) is 11.9. The standard InChI is InChI=1S/C25H34FN5S/c1-18-10-14-31(15-11-18)22-16-19(2)28-23(29-22)30-24(32)27-17-25(12-4-3-5-13-25)20-6-8-21(26)9-7-20/h6-9,16,18H,3-5,10-15,17H2,1-2H3,(H2,27,28,29,30,32). The molecule has 0 radical (unpaired) electrons. The molecule has 2 N–H and O–H groups in total. The molecule has 0 atom stereocenters. The van der Waals surface area contributed by atoms with Gasteiger partial charge in [0.25, 0.3) is 0 Å². The third-order valence-corrected chi connectivity index (χ3v) is 7.27. The number of anilines is 2. The topological polar surface area (TPSA) is 53.1 Å². The number of benzene rings is 1. The van der Waals surface area contributed by atoms with Crippen LogP contribution < -0.4 is 15.5 Å². The van der Waals surface area contributed by atoms with E-state index in [-0.39, 0.29) is 11.2 Å². The molecule has 2 heterocycles. The van der Waals surface area contributed by atoms with Crippen LogP contribution in [0.4, 0.5) is 16.2 Å². The molecule has 4 rings (SSSR count). The van der Waals surface area contributed by atoms with Crippen LogP contribution in [0.2, 0.25) is 0 Å². The maximum Gasteiger partial charge on any atom is 0.231 e. The zero-order valence-electron chi connectivity index (χ0n) is 19.2. The van der Waals surface area contributed by atoms with Crippen molar-refractivity contribution in [3.05, 3.63) is 47.4 Å². The number of piperidine rings is 1. The van der Waals surface area contributed by atoms with Crippen LogP contribution in [0.1, 0.15) is 63.1 Å². The highest BCUT2D eigenvalue weighted by Crippen LogP contribution is 2.39. The predicted octanol–water partition coefficient (Wildman–Crippen LogP) is 5.35. The first kappa shape index (κ1) is 22.9. The van der Waals surface area contributed by atoms with Gasteiger partial charge < -0.3 is 15.5 Å². The highest BCUT2D eigenvalue weighted by atomic mass is 32.1. The number of thiocarbonyl (C=S) groups is 1. The summed E-state index contributed by atoms with van der Waals surface area (Å²) in [6.07, 6.45) is 8.14. The van der Waals surface area contributed by atoms with E-state index in [4.69, 9.17) is 17.2 Å². The van der Waals surface area contributed by atoms with Crippen LogP contribution in [0.15, 0.2) is 30.3 Å². The Labute approximate surface area is 196 Å². The monoisotopic (exact) mass is 455 g/mol. The Balaban J connectivity index is 1.42. The fraction of sp³-hybridized carbons (Fsp3) is 0.560. The molecule has 1 aliphatic carbocycles. The van der Waals surface area contributed by atoms with Gasteiger partial charge in [-0.2, -0.15) is 4.98 Å².